The predicted molar refractivity (Wildman–Crippen MR) is 167 cm³/mol. The van der Waals surface area contributed by atoms with Crippen molar-refractivity contribution in [1.29, 1.82) is 0 Å². The highest BCUT2D eigenvalue weighted by Gasteiger charge is 2.36. The largest absolute Gasteiger partial charge is 0.352 e. The highest BCUT2D eigenvalue weighted by Crippen LogP contribution is 2.26. The van der Waals surface area contributed by atoms with E-state index in [4.69, 9.17) is 0 Å². The van der Waals surface area contributed by atoms with Gasteiger partial charge in [0.1, 0.15) is 12.6 Å². The van der Waals surface area contributed by atoms with Crippen molar-refractivity contribution in [3.63, 3.8) is 0 Å². The molecule has 0 saturated heterocycles. The van der Waals surface area contributed by atoms with Crippen molar-refractivity contribution in [2.24, 2.45) is 0 Å². The summed E-state index contributed by atoms with van der Waals surface area (Å²) in [6.45, 7) is 3.43. The van der Waals surface area contributed by atoms with E-state index in [-0.39, 0.29) is 18.5 Å². The SMILES string of the molecule is Cc1ccc(C)c(N(CC(=O)N(Cc2ccccc2)[C@H](Cc2ccccc2)C(=O)NC2CCCC2)S(=O)(=O)N(C)C)c1. The lowest BCUT2D eigenvalue weighted by atomic mass is 10.0. The molecular formula is C33H42N4O4S. The van der Waals surface area contributed by atoms with Crippen molar-refractivity contribution in [2.45, 2.75) is 64.6 Å². The van der Waals surface area contributed by atoms with E-state index < -0.39 is 28.7 Å². The molecule has 224 valence electrons. The van der Waals surface area contributed by atoms with Crippen LogP contribution >= 0.6 is 0 Å². The van der Waals surface area contributed by atoms with Crippen LogP contribution < -0.4 is 9.62 Å². The number of rotatable bonds is 12. The summed E-state index contributed by atoms with van der Waals surface area (Å²) in [6, 6.07) is 23.9. The van der Waals surface area contributed by atoms with Gasteiger partial charge in [-0.05, 0) is 55.0 Å². The van der Waals surface area contributed by atoms with Gasteiger partial charge in [0.25, 0.3) is 0 Å². The molecule has 0 radical (unpaired) electrons. The number of amides is 2. The Bertz CT molecular complexity index is 1460. The van der Waals surface area contributed by atoms with Gasteiger partial charge in [-0.1, -0.05) is 85.6 Å². The number of benzene rings is 3. The van der Waals surface area contributed by atoms with E-state index >= 15 is 0 Å². The van der Waals surface area contributed by atoms with E-state index in [1.807, 2.05) is 86.6 Å². The summed E-state index contributed by atoms with van der Waals surface area (Å²) < 4.78 is 29.5. The topological polar surface area (TPSA) is 90.0 Å². The zero-order chi connectivity index (χ0) is 30.3. The van der Waals surface area contributed by atoms with Crippen LogP contribution in [0, 0.1) is 13.8 Å². The van der Waals surface area contributed by atoms with Crippen molar-refractivity contribution in [1.82, 2.24) is 14.5 Å². The number of nitrogens with one attached hydrogen (secondary N) is 1. The first kappa shape index (κ1) is 31.3. The molecule has 0 spiro atoms. The molecule has 1 aliphatic carbocycles. The van der Waals surface area contributed by atoms with Crippen LogP contribution in [0.1, 0.15) is 47.9 Å². The van der Waals surface area contributed by atoms with Gasteiger partial charge in [0, 0.05) is 33.1 Å². The van der Waals surface area contributed by atoms with Gasteiger partial charge in [0.2, 0.25) is 11.8 Å². The van der Waals surface area contributed by atoms with E-state index in [0.29, 0.717) is 12.1 Å². The average molecular weight is 591 g/mol. The van der Waals surface area contributed by atoms with Crippen molar-refractivity contribution >= 4 is 27.7 Å². The van der Waals surface area contributed by atoms with E-state index in [9.17, 15) is 18.0 Å². The Morgan fingerprint density at radius 1 is 0.881 bits per heavy atom. The Labute approximate surface area is 250 Å². The number of anilines is 1. The normalized spacial score (nSPS) is 14.5. The third-order valence-corrected chi connectivity index (χ3v) is 9.63. The molecule has 1 fully saturated rings. The molecule has 2 amide bonds. The molecule has 0 heterocycles. The minimum absolute atomic E-state index is 0.0741. The number of aryl methyl sites for hydroxylation is 2. The van der Waals surface area contributed by atoms with Gasteiger partial charge in [-0.3, -0.25) is 9.59 Å². The maximum Gasteiger partial charge on any atom is 0.304 e. The van der Waals surface area contributed by atoms with Crippen LogP contribution in [0.2, 0.25) is 0 Å². The standard InChI is InChI=1S/C33H42N4O4S/c1-25-19-20-26(2)30(21-25)37(42(40,41)35(3)4)24-32(38)36(23-28-15-9-6-10-16-28)31(22-27-13-7-5-8-14-27)33(39)34-29-17-11-12-18-29/h5-10,13-16,19-21,29,31H,11-12,17-18,22-24H2,1-4H3,(H,34,39)/t31-/m1/s1. The second-order valence-electron chi connectivity index (χ2n) is 11.3. The Hall–Kier alpha value is -3.69. The molecule has 0 aromatic heterocycles. The zero-order valence-corrected chi connectivity index (χ0v) is 25.8. The third kappa shape index (κ3) is 7.77. The van der Waals surface area contributed by atoms with Crippen molar-refractivity contribution < 1.29 is 18.0 Å². The fourth-order valence-corrected chi connectivity index (χ4v) is 6.50. The van der Waals surface area contributed by atoms with Gasteiger partial charge in [0.15, 0.2) is 0 Å². The fourth-order valence-electron chi connectivity index (χ4n) is 5.39. The van der Waals surface area contributed by atoms with Gasteiger partial charge in [-0.15, -0.1) is 0 Å². The summed E-state index contributed by atoms with van der Waals surface area (Å²) >= 11 is 0. The first-order chi connectivity index (χ1) is 20.1. The van der Waals surface area contributed by atoms with Gasteiger partial charge < -0.3 is 10.2 Å². The quantitative estimate of drug-likeness (QED) is 0.334. The highest BCUT2D eigenvalue weighted by atomic mass is 32.2. The molecular weight excluding hydrogens is 548 g/mol. The van der Waals surface area contributed by atoms with E-state index in [0.717, 1.165) is 56.5 Å². The molecule has 9 heteroatoms. The Kier molecular flexibility index (Phi) is 10.4. The maximum absolute atomic E-state index is 14.4. The lowest BCUT2D eigenvalue weighted by Crippen LogP contribution is -2.55. The lowest BCUT2D eigenvalue weighted by molar-refractivity contribution is -0.140. The first-order valence-electron chi connectivity index (χ1n) is 14.5. The Balaban J connectivity index is 1.76. The lowest BCUT2D eigenvalue weighted by Gasteiger charge is -2.35. The molecule has 1 atom stereocenters. The smallest absolute Gasteiger partial charge is 0.304 e. The molecule has 1 N–H and O–H groups in total. The van der Waals surface area contributed by atoms with Crippen LogP contribution in [0.3, 0.4) is 0 Å². The molecule has 42 heavy (non-hydrogen) atoms. The van der Waals surface area contributed by atoms with E-state index in [1.54, 1.807) is 11.0 Å². The number of carbonyl (C=O) groups excluding carboxylic acids is 2. The summed E-state index contributed by atoms with van der Waals surface area (Å²) in [7, 11) is -1.13. The molecule has 0 unspecified atom stereocenters. The molecule has 3 aromatic rings. The number of hydrogen-bond donors (Lipinski definition) is 1. The van der Waals surface area contributed by atoms with Crippen LogP contribution in [-0.2, 0) is 32.8 Å². The van der Waals surface area contributed by atoms with Gasteiger partial charge in [-0.25, -0.2) is 4.31 Å². The predicted octanol–water partition coefficient (Wildman–Crippen LogP) is 4.62. The second kappa shape index (κ2) is 14.0. The van der Waals surface area contributed by atoms with Crippen LogP contribution in [0.25, 0.3) is 0 Å². The molecule has 0 aliphatic heterocycles. The Morgan fingerprint density at radius 3 is 2.07 bits per heavy atom. The van der Waals surface area contributed by atoms with Crippen molar-refractivity contribution in [3.05, 3.63) is 101 Å². The molecule has 3 aromatic carbocycles. The van der Waals surface area contributed by atoms with Crippen LogP contribution in [0.5, 0.6) is 0 Å². The minimum Gasteiger partial charge on any atom is -0.352 e. The molecule has 1 aliphatic rings. The summed E-state index contributed by atoms with van der Waals surface area (Å²) in [6.07, 6.45) is 4.26. The highest BCUT2D eigenvalue weighted by molar-refractivity contribution is 7.90. The van der Waals surface area contributed by atoms with E-state index in [2.05, 4.69) is 5.32 Å². The zero-order valence-electron chi connectivity index (χ0n) is 25.0. The van der Waals surface area contributed by atoms with Crippen LogP contribution in [-0.4, -0.2) is 62.2 Å². The number of hydrogen-bond acceptors (Lipinski definition) is 4. The van der Waals surface area contributed by atoms with Gasteiger partial charge in [0.05, 0.1) is 5.69 Å². The summed E-state index contributed by atoms with van der Waals surface area (Å²) in [5.74, 6) is -0.670. The third-order valence-electron chi connectivity index (χ3n) is 7.82. The van der Waals surface area contributed by atoms with Crippen LogP contribution in [0.4, 0.5) is 5.69 Å². The average Bonchev–Trinajstić information content (AvgIpc) is 3.49. The van der Waals surface area contributed by atoms with Gasteiger partial charge >= 0.3 is 10.2 Å². The fraction of sp³-hybridized carbons (Fsp3) is 0.394. The Morgan fingerprint density at radius 2 is 1.48 bits per heavy atom. The number of carbonyl (C=O) groups is 2. The van der Waals surface area contributed by atoms with Gasteiger partial charge in [-0.2, -0.15) is 12.7 Å². The molecule has 1 saturated carbocycles. The summed E-state index contributed by atoms with van der Waals surface area (Å²) in [4.78, 5) is 29.9. The maximum atomic E-state index is 14.4. The molecule has 4 rings (SSSR count). The minimum atomic E-state index is -4.04. The van der Waals surface area contributed by atoms with Crippen molar-refractivity contribution in [2.75, 3.05) is 24.9 Å². The van der Waals surface area contributed by atoms with Crippen molar-refractivity contribution in [3.8, 4) is 0 Å². The molecule has 8 nitrogen and oxygen atoms in total. The summed E-state index contributed by atoms with van der Waals surface area (Å²) in [5, 5.41) is 3.20. The van der Waals surface area contributed by atoms with Crippen LogP contribution in [0.15, 0.2) is 78.9 Å². The number of nitrogens with zero attached hydrogens (tertiary/aromatic N) is 3. The first-order valence-corrected chi connectivity index (χ1v) is 15.9. The summed E-state index contributed by atoms with van der Waals surface area (Å²) in [5.41, 5.74) is 3.81. The molecule has 0 bridgehead atoms. The second-order valence-corrected chi connectivity index (χ2v) is 13.4. The monoisotopic (exact) mass is 590 g/mol. The van der Waals surface area contributed by atoms with E-state index in [1.165, 1.54) is 14.1 Å².